The normalized spacial score (nSPS) is 19.8. The molecule has 6 nitrogen and oxygen atoms in total. The maximum absolute atomic E-state index is 11.3. The van der Waals surface area contributed by atoms with Crippen molar-refractivity contribution in [3.05, 3.63) is 18.2 Å². The van der Waals surface area contributed by atoms with Gasteiger partial charge in [-0.05, 0) is 37.5 Å². The van der Waals surface area contributed by atoms with Crippen LogP contribution >= 0.6 is 0 Å². The van der Waals surface area contributed by atoms with Crippen LogP contribution in [0.25, 0.3) is 0 Å². The fraction of sp³-hybridized carbons (Fsp3) is 0.538. The Morgan fingerprint density at radius 2 is 2.15 bits per heavy atom. The lowest BCUT2D eigenvalue weighted by Crippen LogP contribution is -2.33. The first-order chi connectivity index (χ1) is 9.38. The second-order valence-electron chi connectivity index (χ2n) is 5.13. The number of primary sulfonamides is 1. The van der Waals surface area contributed by atoms with Gasteiger partial charge < -0.3 is 15.4 Å². The van der Waals surface area contributed by atoms with Crippen LogP contribution in [0, 0.1) is 0 Å². The van der Waals surface area contributed by atoms with Crippen LogP contribution < -0.4 is 15.8 Å². The number of benzene rings is 1. The minimum Gasteiger partial charge on any atom is -0.397 e. The van der Waals surface area contributed by atoms with E-state index in [1.807, 2.05) is 11.9 Å². The Labute approximate surface area is 119 Å². The second kappa shape index (κ2) is 5.99. The third kappa shape index (κ3) is 3.62. The molecule has 1 unspecified atom stereocenters. The third-order valence-electron chi connectivity index (χ3n) is 3.49. The van der Waals surface area contributed by atoms with Crippen molar-refractivity contribution >= 4 is 21.4 Å². The summed E-state index contributed by atoms with van der Waals surface area (Å²) in [5.41, 5.74) is 7.10. The second-order valence-corrected chi connectivity index (χ2v) is 6.70. The van der Waals surface area contributed by atoms with Crippen molar-refractivity contribution in [2.75, 3.05) is 30.8 Å². The number of hydrogen-bond donors (Lipinski definition) is 2. The number of anilines is 2. The molecule has 1 aliphatic heterocycles. The standard InChI is InChI=1S/C13H21N3O3S/c1-16(9-10-4-2-3-7-19-10)13-6-5-11(8-12(13)14)20(15,17)18/h5-6,8,10H,2-4,7,9,14H2,1H3,(H2,15,17,18). The summed E-state index contributed by atoms with van der Waals surface area (Å²) in [5.74, 6) is 0. The van der Waals surface area contributed by atoms with Crippen molar-refractivity contribution in [1.29, 1.82) is 0 Å². The van der Waals surface area contributed by atoms with Gasteiger partial charge in [0.1, 0.15) is 0 Å². The lowest BCUT2D eigenvalue weighted by molar-refractivity contribution is 0.0216. The molecule has 0 spiro atoms. The molecule has 1 aliphatic rings. The summed E-state index contributed by atoms with van der Waals surface area (Å²) >= 11 is 0. The van der Waals surface area contributed by atoms with Gasteiger partial charge in [-0.15, -0.1) is 0 Å². The molecule has 1 aromatic rings. The van der Waals surface area contributed by atoms with Gasteiger partial charge in [0, 0.05) is 20.2 Å². The van der Waals surface area contributed by atoms with Crippen molar-refractivity contribution < 1.29 is 13.2 Å². The molecule has 7 heteroatoms. The Bertz CT molecular complexity index is 568. The third-order valence-corrected chi connectivity index (χ3v) is 4.40. The van der Waals surface area contributed by atoms with Crippen LogP contribution in [0.4, 0.5) is 11.4 Å². The lowest BCUT2D eigenvalue weighted by atomic mass is 10.1. The van der Waals surface area contributed by atoms with E-state index in [0.29, 0.717) is 5.69 Å². The molecule has 112 valence electrons. The zero-order chi connectivity index (χ0) is 14.8. The molecule has 1 saturated heterocycles. The fourth-order valence-corrected chi connectivity index (χ4v) is 2.96. The monoisotopic (exact) mass is 299 g/mol. The Balaban J connectivity index is 2.11. The molecule has 0 radical (unpaired) electrons. The summed E-state index contributed by atoms with van der Waals surface area (Å²) in [5, 5.41) is 5.08. The summed E-state index contributed by atoms with van der Waals surface area (Å²) in [6.07, 6.45) is 3.54. The quantitative estimate of drug-likeness (QED) is 0.806. The van der Waals surface area contributed by atoms with E-state index in [0.717, 1.165) is 31.7 Å². The van der Waals surface area contributed by atoms with Gasteiger partial charge in [-0.1, -0.05) is 0 Å². The average Bonchev–Trinajstić information content (AvgIpc) is 2.38. The molecule has 0 saturated carbocycles. The predicted octanol–water partition coefficient (Wildman–Crippen LogP) is 0.921. The van der Waals surface area contributed by atoms with Crippen LogP contribution in [-0.2, 0) is 14.8 Å². The van der Waals surface area contributed by atoms with Gasteiger partial charge in [-0.25, -0.2) is 13.6 Å². The van der Waals surface area contributed by atoms with Gasteiger partial charge in [-0.3, -0.25) is 0 Å². The maximum Gasteiger partial charge on any atom is 0.238 e. The number of sulfonamides is 1. The number of hydrogen-bond acceptors (Lipinski definition) is 5. The minimum absolute atomic E-state index is 0.0288. The van der Waals surface area contributed by atoms with Gasteiger partial charge in [0.25, 0.3) is 0 Å². The largest absolute Gasteiger partial charge is 0.397 e. The summed E-state index contributed by atoms with van der Waals surface area (Å²) < 4.78 is 28.2. The van der Waals surface area contributed by atoms with Crippen molar-refractivity contribution in [1.82, 2.24) is 0 Å². The summed E-state index contributed by atoms with van der Waals surface area (Å²) in [7, 11) is -1.80. The summed E-state index contributed by atoms with van der Waals surface area (Å²) in [6.45, 7) is 1.54. The van der Waals surface area contributed by atoms with Crippen LogP contribution in [0.1, 0.15) is 19.3 Å². The van der Waals surface area contributed by atoms with Crippen LogP contribution in [0.3, 0.4) is 0 Å². The van der Waals surface area contributed by atoms with E-state index in [-0.39, 0.29) is 11.0 Å². The molecule has 0 aliphatic carbocycles. The predicted molar refractivity (Wildman–Crippen MR) is 79.1 cm³/mol. The number of ether oxygens (including phenoxy) is 1. The first kappa shape index (κ1) is 15.1. The summed E-state index contributed by atoms with van der Waals surface area (Å²) in [4.78, 5) is 2.01. The molecule has 2 rings (SSSR count). The number of nitrogens with zero attached hydrogens (tertiary/aromatic N) is 1. The van der Waals surface area contributed by atoms with Gasteiger partial charge >= 0.3 is 0 Å². The Hall–Kier alpha value is -1.31. The molecule has 0 amide bonds. The number of likely N-dealkylation sites (N-methyl/N-ethyl adjacent to an activating group) is 1. The number of nitrogen functional groups attached to an aromatic ring is 1. The first-order valence-corrected chi connectivity index (χ1v) is 8.17. The highest BCUT2D eigenvalue weighted by Crippen LogP contribution is 2.26. The van der Waals surface area contributed by atoms with Crippen molar-refractivity contribution in [3.8, 4) is 0 Å². The van der Waals surface area contributed by atoms with E-state index in [2.05, 4.69) is 0 Å². The molecule has 1 aromatic carbocycles. The van der Waals surface area contributed by atoms with Gasteiger partial charge in [0.15, 0.2) is 0 Å². The van der Waals surface area contributed by atoms with Crippen LogP contribution in [0.2, 0.25) is 0 Å². The number of nitrogens with two attached hydrogens (primary N) is 2. The summed E-state index contributed by atoms with van der Waals surface area (Å²) in [6, 6.07) is 4.54. The Morgan fingerprint density at radius 3 is 2.70 bits per heavy atom. The molecule has 1 heterocycles. The van der Waals surface area contributed by atoms with Gasteiger partial charge in [-0.2, -0.15) is 0 Å². The Morgan fingerprint density at radius 1 is 1.40 bits per heavy atom. The average molecular weight is 299 g/mol. The van der Waals surface area contributed by atoms with Gasteiger partial charge in [0.2, 0.25) is 10.0 Å². The highest BCUT2D eigenvalue weighted by Gasteiger charge is 2.18. The zero-order valence-corrected chi connectivity index (χ0v) is 12.4. The van der Waals surface area contributed by atoms with Crippen LogP contribution in [0.15, 0.2) is 23.1 Å². The van der Waals surface area contributed by atoms with Crippen molar-refractivity contribution in [2.45, 2.75) is 30.3 Å². The molecule has 20 heavy (non-hydrogen) atoms. The van der Waals surface area contributed by atoms with E-state index in [4.69, 9.17) is 15.6 Å². The van der Waals surface area contributed by atoms with Crippen molar-refractivity contribution in [3.63, 3.8) is 0 Å². The smallest absolute Gasteiger partial charge is 0.238 e. The number of rotatable bonds is 4. The van der Waals surface area contributed by atoms with E-state index >= 15 is 0 Å². The fourth-order valence-electron chi connectivity index (χ4n) is 2.41. The van der Waals surface area contributed by atoms with E-state index in [9.17, 15) is 8.42 Å². The molecular weight excluding hydrogens is 278 g/mol. The highest BCUT2D eigenvalue weighted by molar-refractivity contribution is 7.89. The molecule has 1 atom stereocenters. The van der Waals surface area contributed by atoms with Gasteiger partial charge in [0.05, 0.1) is 22.4 Å². The molecule has 0 aromatic heterocycles. The Kier molecular flexibility index (Phi) is 4.52. The maximum atomic E-state index is 11.3. The van der Waals surface area contributed by atoms with Crippen LogP contribution in [0.5, 0.6) is 0 Å². The van der Waals surface area contributed by atoms with Crippen LogP contribution in [-0.4, -0.2) is 34.7 Å². The molecule has 0 bridgehead atoms. The molecular formula is C13H21N3O3S. The minimum atomic E-state index is -3.72. The van der Waals surface area contributed by atoms with E-state index < -0.39 is 10.0 Å². The zero-order valence-electron chi connectivity index (χ0n) is 11.6. The molecule has 4 N–H and O–H groups in total. The molecule has 1 fully saturated rings. The lowest BCUT2D eigenvalue weighted by Gasteiger charge is -2.29. The SMILES string of the molecule is CN(CC1CCCCO1)c1ccc(S(N)(=O)=O)cc1N. The first-order valence-electron chi connectivity index (χ1n) is 6.63. The van der Waals surface area contributed by atoms with E-state index in [1.54, 1.807) is 6.07 Å². The van der Waals surface area contributed by atoms with Crippen molar-refractivity contribution in [2.24, 2.45) is 5.14 Å². The highest BCUT2D eigenvalue weighted by atomic mass is 32.2. The van der Waals surface area contributed by atoms with E-state index in [1.165, 1.54) is 18.6 Å². The topological polar surface area (TPSA) is 98.6 Å².